The Labute approximate surface area is 122 Å². The summed E-state index contributed by atoms with van der Waals surface area (Å²) in [6.07, 6.45) is 10.7. The molecule has 0 spiro atoms. The maximum atomic E-state index is 10.8. The predicted octanol–water partition coefficient (Wildman–Crippen LogP) is 3.25. The van der Waals surface area contributed by atoms with Gasteiger partial charge in [-0.2, -0.15) is 0 Å². The summed E-state index contributed by atoms with van der Waals surface area (Å²) in [5, 5.41) is 0. The van der Waals surface area contributed by atoms with Crippen molar-refractivity contribution in [2.75, 3.05) is 20.3 Å². The smallest absolute Gasteiger partial charge is 0.330 e. The Hall–Kier alpha value is -0.870. The molecule has 0 heterocycles. The molecule has 1 rings (SSSR count). The fourth-order valence-corrected chi connectivity index (χ4v) is 2.47. The summed E-state index contributed by atoms with van der Waals surface area (Å²) in [6.45, 7) is 4.69. The van der Waals surface area contributed by atoms with E-state index in [0.29, 0.717) is 18.8 Å². The van der Waals surface area contributed by atoms with Crippen LogP contribution in [0.1, 0.15) is 51.4 Å². The number of ether oxygens (including phenoxy) is 3. The second-order valence-corrected chi connectivity index (χ2v) is 5.29. The van der Waals surface area contributed by atoms with E-state index < -0.39 is 0 Å². The van der Waals surface area contributed by atoms with Crippen LogP contribution in [-0.2, 0) is 19.0 Å². The lowest BCUT2D eigenvalue weighted by molar-refractivity contribution is -0.137. The summed E-state index contributed by atoms with van der Waals surface area (Å²) in [5.74, 6) is -0.333. The number of methoxy groups -OCH3 is 1. The third kappa shape index (κ3) is 7.65. The van der Waals surface area contributed by atoms with Gasteiger partial charge in [-0.1, -0.05) is 13.0 Å². The van der Waals surface area contributed by atoms with Crippen LogP contribution < -0.4 is 0 Å². The molecule has 0 N–H and O–H groups in total. The zero-order chi connectivity index (χ0) is 14.6. The van der Waals surface area contributed by atoms with Gasteiger partial charge in [0.2, 0.25) is 0 Å². The Morgan fingerprint density at radius 3 is 2.25 bits per heavy atom. The maximum Gasteiger partial charge on any atom is 0.330 e. The van der Waals surface area contributed by atoms with Gasteiger partial charge in [-0.25, -0.2) is 4.79 Å². The SMILES string of the molecule is C=CC(=O)OCCCCCCOC1CCC(OC)CC1. The summed E-state index contributed by atoms with van der Waals surface area (Å²) < 4.78 is 16.1. The standard InChI is InChI=1S/C16H28O4/c1-3-16(17)20-13-7-5-4-6-12-19-15-10-8-14(18-2)9-11-15/h3,14-15H,1,4-13H2,2H3. The van der Waals surface area contributed by atoms with Crippen molar-refractivity contribution in [3.8, 4) is 0 Å². The van der Waals surface area contributed by atoms with E-state index in [1.807, 2.05) is 0 Å². The van der Waals surface area contributed by atoms with Gasteiger partial charge in [-0.15, -0.1) is 0 Å². The van der Waals surface area contributed by atoms with Crippen LogP contribution in [-0.4, -0.2) is 38.5 Å². The molecule has 4 heteroatoms. The van der Waals surface area contributed by atoms with E-state index in [4.69, 9.17) is 14.2 Å². The first-order valence-electron chi connectivity index (χ1n) is 7.70. The highest BCUT2D eigenvalue weighted by Crippen LogP contribution is 2.23. The Morgan fingerprint density at radius 2 is 1.65 bits per heavy atom. The van der Waals surface area contributed by atoms with Crippen molar-refractivity contribution >= 4 is 5.97 Å². The highest BCUT2D eigenvalue weighted by atomic mass is 16.5. The molecule has 0 saturated heterocycles. The van der Waals surface area contributed by atoms with Crippen LogP contribution in [0, 0.1) is 0 Å². The van der Waals surface area contributed by atoms with Crippen LogP contribution in [0.5, 0.6) is 0 Å². The van der Waals surface area contributed by atoms with Crippen molar-refractivity contribution < 1.29 is 19.0 Å². The van der Waals surface area contributed by atoms with Crippen LogP contribution in [0.2, 0.25) is 0 Å². The lowest BCUT2D eigenvalue weighted by Gasteiger charge is -2.27. The third-order valence-corrected chi connectivity index (χ3v) is 3.76. The molecule has 1 fully saturated rings. The molecular formula is C16H28O4. The lowest BCUT2D eigenvalue weighted by atomic mass is 9.95. The first-order chi connectivity index (χ1) is 9.76. The van der Waals surface area contributed by atoms with Crippen molar-refractivity contribution in [3.05, 3.63) is 12.7 Å². The number of unbranched alkanes of at least 4 members (excludes halogenated alkanes) is 3. The quantitative estimate of drug-likeness (QED) is 0.351. The Balaban J connectivity index is 1.85. The van der Waals surface area contributed by atoms with Gasteiger partial charge in [0.15, 0.2) is 0 Å². The molecule has 4 nitrogen and oxygen atoms in total. The minimum absolute atomic E-state index is 0.333. The van der Waals surface area contributed by atoms with E-state index in [-0.39, 0.29) is 5.97 Å². The zero-order valence-corrected chi connectivity index (χ0v) is 12.6. The molecule has 0 aromatic rings. The Bertz CT molecular complexity index is 270. The average Bonchev–Trinajstić information content (AvgIpc) is 2.50. The molecule has 0 radical (unpaired) electrons. The monoisotopic (exact) mass is 284 g/mol. The van der Waals surface area contributed by atoms with Gasteiger partial charge in [-0.3, -0.25) is 0 Å². The van der Waals surface area contributed by atoms with Crippen molar-refractivity contribution in [2.24, 2.45) is 0 Å². The summed E-state index contributed by atoms with van der Waals surface area (Å²) in [6, 6.07) is 0. The maximum absolute atomic E-state index is 10.8. The number of carbonyl (C=O) groups is 1. The fourth-order valence-electron chi connectivity index (χ4n) is 2.47. The van der Waals surface area contributed by atoms with E-state index >= 15 is 0 Å². The third-order valence-electron chi connectivity index (χ3n) is 3.76. The molecule has 0 aromatic heterocycles. The minimum Gasteiger partial charge on any atom is -0.463 e. The van der Waals surface area contributed by atoms with Crippen LogP contribution >= 0.6 is 0 Å². The molecule has 1 saturated carbocycles. The lowest BCUT2D eigenvalue weighted by Crippen LogP contribution is -2.25. The molecule has 1 aliphatic carbocycles. The molecule has 0 aromatic carbocycles. The van der Waals surface area contributed by atoms with Gasteiger partial charge in [0, 0.05) is 19.8 Å². The van der Waals surface area contributed by atoms with Crippen molar-refractivity contribution in [1.29, 1.82) is 0 Å². The first-order valence-corrected chi connectivity index (χ1v) is 7.70. The molecule has 0 bridgehead atoms. The summed E-state index contributed by atoms with van der Waals surface area (Å²) in [5.41, 5.74) is 0. The average molecular weight is 284 g/mol. The number of rotatable bonds is 10. The molecule has 116 valence electrons. The van der Waals surface area contributed by atoms with Gasteiger partial charge in [-0.05, 0) is 44.9 Å². The highest BCUT2D eigenvalue weighted by Gasteiger charge is 2.20. The van der Waals surface area contributed by atoms with Crippen LogP contribution in [0.25, 0.3) is 0 Å². The molecule has 20 heavy (non-hydrogen) atoms. The summed E-state index contributed by atoms with van der Waals surface area (Å²) in [7, 11) is 1.79. The van der Waals surface area contributed by atoms with Gasteiger partial charge >= 0.3 is 5.97 Å². The molecule has 0 amide bonds. The topological polar surface area (TPSA) is 44.8 Å². The molecule has 0 aliphatic heterocycles. The Morgan fingerprint density at radius 1 is 1.05 bits per heavy atom. The van der Waals surface area contributed by atoms with Crippen molar-refractivity contribution in [3.63, 3.8) is 0 Å². The molecule has 0 atom stereocenters. The van der Waals surface area contributed by atoms with Crippen molar-refractivity contribution in [1.82, 2.24) is 0 Å². The summed E-state index contributed by atoms with van der Waals surface area (Å²) in [4.78, 5) is 10.8. The second kappa shape index (κ2) is 10.9. The predicted molar refractivity (Wildman–Crippen MR) is 78.6 cm³/mol. The van der Waals surface area contributed by atoms with E-state index in [1.165, 1.54) is 6.08 Å². The van der Waals surface area contributed by atoms with E-state index in [2.05, 4.69) is 6.58 Å². The van der Waals surface area contributed by atoms with Crippen LogP contribution in [0.4, 0.5) is 0 Å². The summed E-state index contributed by atoms with van der Waals surface area (Å²) >= 11 is 0. The minimum atomic E-state index is -0.333. The largest absolute Gasteiger partial charge is 0.463 e. The van der Waals surface area contributed by atoms with Gasteiger partial charge in [0.25, 0.3) is 0 Å². The van der Waals surface area contributed by atoms with Crippen LogP contribution in [0.15, 0.2) is 12.7 Å². The Kier molecular flexibility index (Phi) is 9.33. The molecule has 0 unspecified atom stereocenters. The fraction of sp³-hybridized carbons (Fsp3) is 0.812. The highest BCUT2D eigenvalue weighted by molar-refractivity contribution is 5.81. The molecule has 1 aliphatic rings. The number of carbonyl (C=O) groups excluding carboxylic acids is 1. The molecular weight excluding hydrogens is 256 g/mol. The first kappa shape index (κ1) is 17.2. The van der Waals surface area contributed by atoms with Gasteiger partial charge < -0.3 is 14.2 Å². The van der Waals surface area contributed by atoms with E-state index in [0.717, 1.165) is 58.0 Å². The second-order valence-electron chi connectivity index (χ2n) is 5.29. The number of esters is 1. The van der Waals surface area contributed by atoms with E-state index in [9.17, 15) is 4.79 Å². The number of hydrogen-bond donors (Lipinski definition) is 0. The normalized spacial score (nSPS) is 22.4. The van der Waals surface area contributed by atoms with Gasteiger partial charge in [0.1, 0.15) is 0 Å². The van der Waals surface area contributed by atoms with E-state index in [1.54, 1.807) is 7.11 Å². The van der Waals surface area contributed by atoms with Gasteiger partial charge in [0.05, 0.1) is 18.8 Å². The number of hydrogen-bond acceptors (Lipinski definition) is 4. The van der Waals surface area contributed by atoms with Crippen molar-refractivity contribution in [2.45, 2.75) is 63.6 Å². The zero-order valence-electron chi connectivity index (χ0n) is 12.6. The van der Waals surface area contributed by atoms with Crippen LogP contribution in [0.3, 0.4) is 0 Å².